The molecule has 0 bridgehead atoms. The molecule has 0 aromatic rings. The average Bonchev–Trinajstić information content (AvgIpc) is 2.56. The summed E-state index contributed by atoms with van der Waals surface area (Å²) in [5.41, 5.74) is 0. The topological polar surface area (TPSA) is 114 Å². The van der Waals surface area contributed by atoms with Crippen LogP contribution in [0.3, 0.4) is 0 Å². The molecule has 0 spiro atoms. The van der Waals surface area contributed by atoms with Crippen molar-refractivity contribution in [3.05, 3.63) is 0 Å². The van der Waals surface area contributed by atoms with Gasteiger partial charge in [-0.1, -0.05) is 52.4 Å². The van der Waals surface area contributed by atoms with E-state index in [1.54, 1.807) is 13.8 Å². The van der Waals surface area contributed by atoms with E-state index in [0.717, 1.165) is 51.4 Å². The minimum absolute atomic E-state index is 0. The molecule has 156 valence electrons. The van der Waals surface area contributed by atoms with Gasteiger partial charge >= 0.3 is 48.9 Å². The molecule has 2 fully saturated rings. The maximum absolute atomic E-state index is 10.9. The predicted octanol–water partition coefficient (Wildman–Crippen LogP) is 3.40. The summed E-state index contributed by atoms with van der Waals surface area (Å²) in [5, 5.41) is -1.26. The second-order valence-corrected chi connectivity index (χ2v) is 10.9. The van der Waals surface area contributed by atoms with Gasteiger partial charge in [0, 0.05) is 0 Å². The monoisotopic (exact) mass is 548 g/mol. The molecule has 2 atom stereocenters. The van der Waals surface area contributed by atoms with Crippen LogP contribution in [0.1, 0.15) is 90.9 Å². The predicted molar refractivity (Wildman–Crippen MR) is 106 cm³/mol. The van der Waals surface area contributed by atoms with Crippen LogP contribution in [0, 0.1) is 11.8 Å². The summed E-state index contributed by atoms with van der Waals surface area (Å²) < 4.78 is 65.4. The van der Waals surface area contributed by atoms with Crippen LogP contribution in [0.25, 0.3) is 0 Å². The average molecular weight is 548 g/mol. The maximum atomic E-state index is 10.9. The summed E-state index contributed by atoms with van der Waals surface area (Å²) in [4.78, 5) is 0. The van der Waals surface area contributed by atoms with E-state index in [2.05, 4.69) is 0 Å². The van der Waals surface area contributed by atoms with Crippen molar-refractivity contribution in [2.75, 3.05) is 0 Å². The van der Waals surface area contributed by atoms with Crippen molar-refractivity contribution in [3.8, 4) is 0 Å². The molecule has 0 radical (unpaired) electrons. The van der Waals surface area contributed by atoms with Crippen molar-refractivity contribution in [2.45, 2.75) is 101 Å². The summed E-state index contributed by atoms with van der Waals surface area (Å²) >= 11 is 0. The van der Waals surface area contributed by atoms with Gasteiger partial charge in [-0.3, -0.25) is 0 Å². The van der Waals surface area contributed by atoms with Crippen molar-refractivity contribution in [1.29, 1.82) is 0 Å². The molecule has 6 nitrogen and oxygen atoms in total. The minimum atomic E-state index is -4.06. The molecule has 0 aromatic heterocycles. The third-order valence-electron chi connectivity index (χ3n) is 5.90. The fourth-order valence-electron chi connectivity index (χ4n) is 4.56. The van der Waals surface area contributed by atoms with Crippen molar-refractivity contribution < 1.29 is 25.9 Å². The fraction of sp³-hybridized carbons (Fsp3) is 1.00. The molecule has 27 heavy (non-hydrogen) atoms. The molecule has 0 amide bonds. The van der Waals surface area contributed by atoms with Crippen molar-refractivity contribution >= 4 is 69.1 Å². The van der Waals surface area contributed by atoms with Crippen LogP contribution in [0.5, 0.6) is 0 Å². The van der Waals surface area contributed by atoms with E-state index >= 15 is 0 Å². The van der Waals surface area contributed by atoms with Gasteiger partial charge in [0.15, 0.2) is 0 Å². The Balaban J connectivity index is 0.000000483. The van der Waals surface area contributed by atoms with Gasteiger partial charge in [0.25, 0.3) is 0 Å². The van der Waals surface area contributed by atoms with E-state index < -0.39 is 30.7 Å². The molecule has 0 saturated heterocycles. The van der Waals surface area contributed by atoms with Gasteiger partial charge in [-0.15, -0.1) is 0 Å². The van der Waals surface area contributed by atoms with Crippen LogP contribution in [0.2, 0.25) is 0 Å². The Bertz CT molecular complexity index is 539. The van der Waals surface area contributed by atoms with Gasteiger partial charge < -0.3 is 9.11 Å². The number of hydrogen-bond acceptors (Lipinski definition) is 6. The first kappa shape index (κ1) is 28.4. The van der Waals surface area contributed by atoms with Gasteiger partial charge in [0.05, 0.1) is 30.7 Å². The SMILES string of the molecule is CC[C@H](C1CCCCC1)S(=O)(=O)[O-].CC[C@H](C1CCCCC1)S(=O)(=O)[O-].[Ba+2]. The standard InChI is InChI=1S/2C9H18O3S.Ba/c2*1-2-9(13(10,11)12)8-6-4-3-5-7-8;/h2*8-9H,2-7H2,1H3,(H,10,11,12);/q;;+2/p-2/t2*9-;/m11./s1. The number of hydrogen-bond donors (Lipinski definition) is 0. The first-order valence-electron chi connectivity index (χ1n) is 10.0. The molecule has 9 heteroatoms. The molecule has 0 N–H and O–H groups in total. The van der Waals surface area contributed by atoms with Crippen LogP contribution in [0.15, 0.2) is 0 Å². The molecule has 0 heterocycles. The van der Waals surface area contributed by atoms with E-state index in [-0.39, 0.29) is 60.7 Å². The quantitative estimate of drug-likeness (QED) is 0.372. The minimum Gasteiger partial charge on any atom is -0.748 e. The molecular weight excluding hydrogens is 514 g/mol. The maximum Gasteiger partial charge on any atom is 2.00 e. The summed E-state index contributed by atoms with van der Waals surface area (Å²) in [5.74, 6) is 0.252. The Morgan fingerprint density at radius 3 is 1.11 bits per heavy atom. The zero-order chi connectivity index (χ0) is 19.8. The Morgan fingerprint density at radius 1 is 0.667 bits per heavy atom. The Hall–Kier alpha value is 1.39. The number of rotatable bonds is 6. The van der Waals surface area contributed by atoms with Crippen LogP contribution >= 0.6 is 0 Å². The normalized spacial score (nSPS) is 22.1. The second-order valence-electron chi connectivity index (χ2n) is 7.68. The van der Waals surface area contributed by atoms with Crippen LogP contribution < -0.4 is 0 Å². The third kappa shape index (κ3) is 10.3. The van der Waals surface area contributed by atoms with E-state index in [0.29, 0.717) is 12.8 Å². The molecule has 0 aromatic carbocycles. The van der Waals surface area contributed by atoms with Crippen LogP contribution in [-0.2, 0) is 20.2 Å². The molecule has 2 saturated carbocycles. The molecule has 2 aliphatic rings. The van der Waals surface area contributed by atoms with E-state index in [1.807, 2.05) is 0 Å². The van der Waals surface area contributed by atoms with Crippen molar-refractivity contribution in [2.24, 2.45) is 11.8 Å². The van der Waals surface area contributed by atoms with Crippen molar-refractivity contribution in [1.82, 2.24) is 0 Å². The molecule has 0 unspecified atom stereocenters. The van der Waals surface area contributed by atoms with E-state index in [4.69, 9.17) is 0 Å². The van der Waals surface area contributed by atoms with Crippen LogP contribution in [-0.4, -0.2) is 85.3 Å². The van der Waals surface area contributed by atoms with Gasteiger partial charge in [-0.25, -0.2) is 16.8 Å². The smallest absolute Gasteiger partial charge is 0.748 e. The molecule has 0 aliphatic heterocycles. The zero-order valence-electron chi connectivity index (χ0n) is 16.8. The Morgan fingerprint density at radius 2 is 0.926 bits per heavy atom. The molecular formula is C18H34BaO6S2. The fourth-order valence-corrected chi connectivity index (χ4v) is 6.86. The largest absolute Gasteiger partial charge is 2.00 e. The van der Waals surface area contributed by atoms with Gasteiger partial charge in [-0.2, -0.15) is 0 Å². The molecule has 2 rings (SSSR count). The van der Waals surface area contributed by atoms with E-state index in [1.165, 1.54) is 12.8 Å². The van der Waals surface area contributed by atoms with E-state index in [9.17, 15) is 25.9 Å². The van der Waals surface area contributed by atoms with Gasteiger partial charge in [0.2, 0.25) is 0 Å². The Kier molecular flexibility index (Phi) is 14.3. The first-order valence-corrected chi connectivity index (χ1v) is 12.9. The van der Waals surface area contributed by atoms with Gasteiger partial charge in [0.1, 0.15) is 0 Å². The Labute approximate surface area is 206 Å². The summed E-state index contributed by atoms with van der Waals surface area (Å²) in [6.45, 7) is 3.57. The molecule has 2 aliphatic carbocycles. The summed E-state index contributed by atoms with van der Waals surface area (Å²) in [6.07, 6.45) is 11.3. The third-order valence-corrected chi connectivity index (χ3v) is 8.82. The van der Waals surface area contributed by atoms with Gasteiger partial charge in [-0.05, 0) is 50.4 Å². The second kappa shape index (κ2) is 13.6. The zero-order valence-corrected chi connectivity index (χ0v) is 22.8. The summed E-state index contributed by atoms with van der Waals surface area (Å²) in [7, 11) is -8.13. The van der Waals surface area contributed by atoms with Crippen LogP contribution in [0.4, 0.5) is 0 Å². The first-order chi connectivity index (χ1) is 12.1. The van der Waals surface area contributed by atoms with Crippen molar-refractivity contribution in [3.63, 3.8) is 0 Å². The summed E-state index contributed by atoms with van der Waals surface area (Å²) in [6, 6.07) is 0.